The van der Waals surface area contributed by atoms with Crippen molar-refractivity contribution in [2.45, 2.75) is 0 Å². The summed E-state index contributed by atoms with van der Waals surface area (Å²) in [5.41, 5.74) is 4.06. The van der Waals surface area contributed by atoms with Gasteiger partial charge in [-0.3, -0.25) is 0 Å². The summed E-state index contributed by atoms with van der Waals surface area (Å²) in [7, 11) is 5.68. The first-order valence-corrected chi connectivity index (χ1v) is 8.69. The van der Waals surface area contributed by atoms with Gasteiger partial charge in [0.1, 0.15) is 17.1 Å². The molecule has 0 atom stereocenters. The van der Waals surface area contributed by atoms with Crippen molar-refractivity contribution in [2.75, 3.05) is 50.3 Å². The molecule has 0 unspecified atom stereocenters. The van der Waals surface area contributed by atoms with Crippen LogP contribution in [0.3, 0.4) is 0 Å². The van der Waals surface area contributed by atoms with Gasteiger partial charge in [-0.2, -0.15) is 0 Å². The van der Waals surface area contributed by atoms with Gasteiger partial charge in [-0.1, -0.05) is 0 Å². The monoisotopic (exact) mass is 353 g/mol. The van der Waals surface area contributed by atoms with Gasteiger partial charge in [-0.25, -0.2) is 9.97 Å². The molecule has 26 heavy (non-hydrogen) atoms. The third-order valence-electron chi connectivity index (χ3n) is 4.84. The Morgan fingerprint density at radius 2 is 1.96 bits per heavy atom. The second-order valence-corrected chi connectivity index (χ2v) is 6.40. The molecule has 1 aliphatic heterocycles. The number of methoxy groups -OCH3 is 1. The minimum atomic E-state index is 0.763. The van der Waals surface area contributed by atoms with Crippen molar-refractivity contribution < 1.29 is 9.47 Å². The van der Waals surface area contributed by atoms with E-state index in [1.54, 1.807) is 19.6 Å². The second kappa shape index (κ2) is 6.84. The predicted octanol–water partition coefficient (Wildman–Crippen LogP) is 2.58. The molecule has 3 heterocycles. The number of ether oxygens (including phenoxy) is 2. The van der Waals surface area contributed by atoms with E-state index in [1.807, 2.05) is 29.6 Å². The number of pyridine rings is 1. The predicted molar refractivity (Wildman–Crippen MR) is 103 cm³/mol. The summed E-state index contributed by atoms with van der Waals surface area (Å²) in [6.07, 6.45) is 3.60. The maximum atomic E-state index is 5.67. The maximum absolute atomic E-state index is 5.67. The van der Waals surface area contributed by atoms with Gasteiger partial charge < -0.3 is 23.8 Å². The van der Waals surface area contributed by atoms with Crippen LogP contribution >= 0.6 is 0 Å². The molecule has 0 amide bonds. The molecule has 1 saturated heterocycles. The molecule has 7 nitrogen and oxygen atoms in total. The van der Waals surface area contributed by atoms with Gasteiger partial charge in [0, 0.05) is 45.0 Å². The van der Waals surface area contributed by atoms with E-state index >= 15 is 0 Å². The SMILES string of the molecule is COc1cc(N2CCOCC2)ccc1N(C)c1cc2c(cn1)ncn2C. The highest BCUT2D eigenvalue weighted by atomic mass is 16.5. The van der Waals surface area contributed by atoms with Crippen LogP contribution in [0.1, 0.15) is 0 Å². The normalized spacial score (nSPS) is 14.7. The summed E-state index contributed by atoms with van der Waals surface area (Å²) >= 11 is 0. The molecule has 0 N–H and O–H groups in total. The molecule has 2 aromatic heterocycles. The van der Waals surface area contributed by atoms with Crippen molar-refractivity contribution in [1.29, 1.82) is 0 Å². The molecule has 136 valence electrons. The number of aromatic nitrogens is 3. The van der Waals surface area contributed by atoms with E-state index in [0.717, 1.165) is 60.3 Å². The Balaban J connectivity index is 1.67. The lowest BCUT2D eigenvalue weighted by atomic mass is 10.2. The fourth-order valence-electron chi connectivity index (χ4n) is 3.29. The third-order valence-corrected chi connectivity index (χ3v) is 4.84. The van der Waals surface area contributed by atoms with Gasteiger partial charge in [0.15, 0.2) is 0 Å². The number of benzene rings is 1. The Hall–Kier alpha value is -2.80. The van der Waals surface area contributed by atoms with E-state index in [2.05, 4.69) is 33.1 Å². The van der Waals surface area contributed by atoms with E-state index in [4.69, 9.17) is 9.47 Å². The van der Waals surface area contributed by atoms with E-state index in [-0.39, 0.29) is 0 Å². The van der Waals surface area contributed by atoms with E-state index in [9.17, 15) is 0 Å². The van der Waals surface area contributed by atoms with Crippen molar-refractivity contribution in [2.24, 2.45) is 7.05 Å². The van der Waals surface area contributed by atoms with Crippen molar-refractivity contribution in [3.8, 4) is 5.75 Å². The number of morpholine rings is 1. The molecule has 7 heteroatoms. The number of hydrogen-bond acceptors (Lipinski definition) is 6. The van der Waals surface area contributed by atoms with Gasteiger partial charge in [-0.15, -0.1) is 0 Å². The van der Waals surface area contributed by atoms with E-state index < -0.39 is 0 Å². The van der Waals surface area contributed by atoms with Crippen molar-refractivity contribution >= 4 is 28.2 Å². The van der Waals surface area contributed by atoms with Gasteiger partial charge in [0.2, 0.25) is 0 Å². The minimum Gasteiger partial charge on any atom is -0.494 e. The molecule has 4 rings (SSSR count). The Kier molecular flexibility index (Phi) is 4.38. The quantitative estimate of drug-likeness (QED) is 0.719. The van der Waals surface area contributed by atoms with Crippen LogP contribution < -0.4 is 14.5 Å². The lowest BCUT2D eigenvalue weighted by molar-refractivity contribution is 0.122. The lowest BCUT2D eigenvalue weighted by Crippen LogP contribution is -2.36. The number of fused-ring (bicyclic) bond motifs is 1. The lowest BCUT2D eigenvalue weighted by Gasteiger charge is -2.30. The summed E-state index contributed by atoms with van der Waals surface area (Å²) in [6, 6.07) is 8.33. The van der Waals surface area contributed by atoms with Gasteiger partial charge >= 0.3 is 0 Å². The maximum Gasteiger partial charge on any atom is 0.144 e. The Bertz CT molecular complexity index is 917. The topological polar surface area (TPSA) is 55.7 Å². The number of rotatable bonds is 4. The van der Waals surface area contributed by atoms with Gasteiger partial charge in [0.05, 0.1) is 44.1 Å². The second-order valence-electron chi connectivity index (χ2n) is 6.40. The van der Waals surface area contributed by atoms with E-state index in [1.165, 1.54) is 0 Å². The van der Waals surface area contributed by atoms with Crippen molar-refractivity contribution in [3.63, 3.8) is 0 Å². The zero-order valence-corrected chi connectivity index (χ0v) is 15.3. The van der Waals surface area contributed by atoms with Crippen LogP contribution in [-0.4, -0.2) is 55.0 Å². The summed E-state index contributed by atoms with van der Waals surface area (Å²) in [5.74, 6) is 1.67. The van der Waals surface area contributed by atoms with Crippen LogP contribution in [0.25, 0.3) is 11.0 Å². The fourth-order valence-corrected chi connectivity index (χ4v) is 3.29. The zero-order chi connectivity index (χ0) is 18.1. The summed E-state index contributed by atoms with van der Waals surface area (Å²) in [4.78, 5) is 13.2. The molecular formula is C19H23N5O2. The molecule has 3 aromatic rings. The fraction of sp³-hybridized carbons (Fsp3) is 0.368. The third kappa shape index (κ3) is 2.94. The molecule has 0 saturated carbocycles. The molecule has 0 bridgehead atoms. The first-order valence-electron chi connectivity index (χ1n) is 8.69. The van der Waals surface area contributed by atoms with Crippen LogP contribution in [-0.2, 0) is 11.8 Å². The van der Waals surface area contributed by atoms with Gasteiger partial charge in [0.25, 0.3) is 0 Å². The Morgan fingerprint density at radius 3 is 2.73 bits per heavy atom. The number of anilines is 3. The average molecular weight is 353 g/mol. The number of aryl methyl sites for hydroxylation is 1. The van der Waals surface area contributed by atoms with Crippen LogP contribution in [0, 0.1) is 0 Å². The Morgan fingerprint density at radius 1 is 1.15 bits per heavy atom. The van der Waals surface area contributed by atoms with Gasteiger partial charge in [-0.05, 0) is 12.1 Å². The summed E-state index contributed by atoms with van der Waals surface area (Å²) in [5, 5.41) is 0. The summed E-state index contributed by atoms with van der Waals surface area (Å²) < 4.78 is 13.1. The smallest absolute Gasteiger partial charge is 0.144 e. The summed E-state index contributed by atoms with van der Waals surface area (Å²) in [6.45, 7) is 3.32. The largest absolute Gasteiger partial charge is 0.494 e. The highest BCUT2D eigenvalue weighted by molar-refractivity contribution is 5.80. The molecule has 1 aromatic carbocycles. The van der Waals surface area contributed by atoms with Crippen LogP contribution in [0.2, 0.25) is 0 Å². The molecule has 1 fully saturated rings. The van der Waals surface area contributed by atoms with Crippen LogP contribution in [0.15, 0.2) is 36.8 Å². The standard InChI is InChI=1S/C19H23N5O2/c1-22-13-21-15-12-20-19(11-17(15)22)23(2)16-5-4-14(10-18(16)25-3)24-6-8-26-9-7-24/h4-5,10-13H,6-9H2,1-3H3. The minimum absolute atomic E-state index is 0.763. The van der Waals surface area contributed by atoms with Crippen molar-refractivity contribution in [3.05, 3.63) is 36.8 Å². The molecule has 0 spiro atoms. The van der Waals surface area contributed by atoms with Crippen LogP contribution in [0.4, 0.5) is 17.2 Å². The molecular weight excluding hydrogens is 330 g/mol. The number of nitrogens with zero attached hydrogens (tertiary/aromatic N) is 5. The average Bonchev–Trinajstić information content (AvgIpc) is 3.08. The molecule has 0 aliphatic carbocycles. The molecule has 1 aliphatic rings. The zero-order valence-electron chi connectivity index (χ0n) is 15.3. The van der Waals surface area contributed by atoms with Crippen LogP contribution in [0.5, 0.6) is 5.75 Å². The van der Waals surface area contributed by atoms with E-state index in [0.29, 0.717) is 0 Å². The number of imidazole rings is 1. The highest BCUT2D eigenvalue weighted by Gasteiger charge is 2.17. The molecule has 0 radical (unpaired) electrons. The van der Waals surface area contributed by atoms with Crippen molar-refractivity contribution in [1.82, 2.24) is 14.5 Å². The first kappa shape index (κ1) is 16.7. The first-order chi connectivity index (χ1) is 12.7. The highest BCUT2D eigenvalue weighted by Crippen LogP contribution is 2.35. The number of hydrogen-bond donors (Lipinski definition) is 0. The Labute approximate surface area is 152 Å².